The van der Waals surface area contributed by atoms with Crippen molar-refractivity contribution in [2.75, 3.05) is 5.32 Å². The third-order valence-electron chi connectivity index (χ3n) is 5.81. The third kappa shape index (κ3) is 5.21. The summed E-state index contributed by atoms with van der Waals surface area (Å²) in [5.41, 5.74) is -0.508. The van der Waals surface area contributed by atoms with Crippen molar-refractivity contribution in [2.24, 2.45) is 5.92 Å². The molecule has 0 aliphatic heterocycles. The number of aldehydes is 1. The molecule has 0 atom stereocenters. The number of anilines is 1. The summed E-state index contributed by atoms with van der Waals surface area (Å²) in [6, 6.07) is 6.75. The predicted molar refractivity (Wildman–Crippen MR) is 120 cm³/mol. The Bertz CT molecular complexity index is 1200. The number of nitrogens with zero attached hydrogens (tertiary/aromatic N) is 3. The van der Waals surface area contributed by atoms with Crippen LogP contribution >= 0.6 is 0 Å². The van der Waals surface area contributed by atoms with Gasteiger partial charge in [0, 0.05) is 23.6 Å². The molecule has 34 heavy (non-hydrogen) atoms. The Morgan fingerprint density at radius 2 is 1.94 bits per heavy atom. The van der Waals surface area contributed by atoms with Crippen LogP contribution in [0.15, 0.2) is 36.5 Å². The van der Waals surface area contributed by atoms with Gasteiger partial charge >= 0.3 is 6.18 Å². The standard InChI is InChI=1S/C24H25F3N4O3/c1-14(2)34-21-11-19-16(12-31(30-19)17-8-6-15(13-32)7-9-17)10-20(21)29-23(33)18-4-3-5-22(28-18)24(25,26)27/h3-5,10-15,17H,6-9H2,1-2H3,(H,29,33)/t15-,17-. The first-order chi connectivity index (χ1) is 16.1. The Morgan fingerprint density at radius 1 is 1.21 bits per heavy atom. The average Bonchev–Trinajstić information content (AvgIpc) is 3.21. The summed E-state index contributed by atoms with van der Waals surface area (Å²) in [6.45, 7) is 3.66. The van der Waals surface area contributed by atoms with Crippen molar-refractivity contribution in [3.8, 4) is 5.75 Å². The van der Waals surface area contributed by atoms with Gasteiger partial charge in [-0.15, -0.1) is 0 Å². The lowest BCUT2D eigenvalue weighted by molar-refractivity contribution is -0.141. The van der Waals surface area contributed by atoms with Gasteiger partial charge in [0.25, 0.3) is 5.91 Å². The van der Waals surface area contributed by atoms with Crippen molar-refractivity contribution < 1.29 is 27.5 Å². The van der Waals surface area contributed by atoms with Gasteiger partial charge in [0.05, 0.1) is 23.3 Å². The third-order valence-corrected chi connectivity index (χ3v) is 5.81. The molecule has 1 fully saturated rings. The Kier molecular flexibility index (Phi) is 6.58. The van der Waals surface area contributed by atoms with E-state index in [-0.39, 0.29) is 23.8 Å². The van der Waals surface area contributed by atoms with Crippen LogP contribution in [-0.2, 0) is 11.0 Å². The van der Waals surface area contributed by atoms with Crippen LogP contribution in [0.4, 0.5) is 18.9 Å². The van der Waals surface area contributed by atoms with E-state index < -0.39 is 17.8 Å². The van der Waals surface area contributed by atoms with Crippen LogP contribution in [-0.4, -0.2) is 33.1 Å². The zero-order valence-electron chi connectivity index (χ0n) is 18.8. The lowest BCUT2D eigenvalue weighted by atomic mass is 9.87. The van der Waals surface area contributed by atoms with Crippen LogP contribution in [0, 0.1) is 5.92 Å². The Balaban J connectivity index is 1.63. The Labute approximate surface area is 194 Å². The van der Waals surface area contributed by atoms with Gasteiger partial charge in [-0.2, -0.15) is 18.3 Å². The number of carbonyl (C=O) groups excluding carboxylic acids is 2. The molecule has 0 spiro atoms. The van der Waals surface area contributed by atoms with Gasteiger partial charge in [-0.25, -0.2) is 4.98 Å². The SMILES string of the molecule is CC(C)Oc1cc2nn([C@H]3CC[C@H](C=O)CC3)cc2cc1NC(=O)c1cccc(C(F)(F)F)n1. The maximum atomic E-state index is 13.0. The van der Waals surface area contributed by atoms with E-state index >= 15 is 0 Å². The highest BCUT2D eigenvalue weighted by Crippen LogP contribution is 2.35. The first-order valence-electron chi connectivity index (χ1n) is 11.1. The van der Waals surface area contributed by atoms with E-state index in [1.54, 1.807) is 12.1 Å². The predicted octanol–water partition coefficient (Wildman–Crippen LogP) is 5.42. The monoisotopic (exact) mass is 474 g/mol. The van der Waals surface area contributed by atoms with Crippen molar-refractivity contribution in [3.63, 3.8) is 0 Å². The van der Waals surface area contributed by atoms with E-state index in [0.29, 0.717) is 17.0 Å². The molecule has 4 rings (SSSR count). The van der Waals surface area contributed by atoms with Gasteiger partial charge < -0.3 is 14.8 Å². The first kappa shape index (κ1) is 23.7. The number of amides is 1. The Morgan fingerprint density at radius 3 is 2.59 bits per heavy atom. The van der Waals surface area contributed by atoms with Crippen molar-refractivity contribution in [1.82, 2.24) is 14.8 Å². The molecule has 0 saturated heterocycles. The first-order valence-corrected chi connectivity index (χ1v) is 11.1. The van der Waals surface area contributed by atoms with Crippen LogP contribution in [0.5, 0.6) is 5.75 Å². The minimum Gasteiger partial charge on any atom is -0.489 e. The summed E-state index contributed by atoms with van der Waals surface area (Å²) in [4.78, 5) is 27.2. The number of alkyl halides is 3. The molecule has 2 heterocycles. The molecule has 0 radical (unpaired) electrons. The number of ether oxygens (including phenoxy) is 1. The average molecular weight is 474 g/mol. The van der Waals surface area contributed by atoms with E-state index in [4.69, 9.17) is 4.74 Å². The van der Waals surface area contributed by atoms with E-state index in [2.05, 4.69) is 15.4 Å². The fourth-order valence-electron chi connectivity index (χ4n) is 4.12. The zero-order valence-corrected chi connectivity index (χ0v) is 18.8. The van der Waals surface area contributed by atoms with E-state index in [9.17, 15) is 22.8 Å². The second-order valence-electron chi connectivity index (χ2n) is 8.75. The summed E-state index contributed by atoms with van der Waals surface area (Å²) in [5, 5.41) is 8.06. The van der Waals surface area contributed by atoms with Gasteiger partial charge in [0.2, 0.25) is 0 Å². The highest BCUT2D eigenvalue weighted by molar-refractivity contribution is 6.05. The number of pyridine rings is 1. The van der Waals surface area contributed by atoms with Crippen LogP contribution in [0.1, 0.15) is 61.8 Å². The second-order valence-corrected chi connectivity index (χ2v) is 8.75. The van der Waals surface area contributed by atoms with Gasteiger partial charge in [-0.05, 0) is 57.7 Å². The topological polar surface area (TPSA) is 86.1 Å². The summed E-state index contributed by atoms with van der Waals surface area (Å²) in [7, 11) is 0. The largest absolute Gasteiger partial charge is 0.489 e. The van der Waals surface area contributed by atoms with Gasteiger partial charge in [-0.3, -0.25) is 9.48 Å². The smallest absolute Gasteiger partial charge is 0.433 e. The minimum atomic E-state index is -4.65. The van der Waals surface area contributed by atoms with Crippen LogP contribution in [0.25, 0.3) is 10.9 Å². The molecule has 1 aromatic carbocycles. The number of benzene rings is 1. The number of aromatic nitrogens is 3. The van der Waals surface area contributed by atoms with Crippen molar-refractivity contribution in [3.05, 3.63) is 47.9 Å². The molecule has 1 aliphatic carbocycles. The fourth-order valence-corrected chi connectivity index (χ4v) is 4.12. The van der Waals surface area contributed by atoms with Crippen LogP contribution in [0.3, 0.4) is 0 Å². The van der Waals surface area contributed by atoms with E-state index in [1.165, 1.54) is 6.07 Å². The van der Waals surface area contributed by atoms with Crippen molar-refractivity contribution in [2.45, 2.75) is 57.9 Å². The summed E-state index contributed by atoms with van der Waals surface area (Å²) < 4.78 is 46.7. The van der Waals surface area contributed by atoms with Crippen LogP contribution in [0.2, 0.25) is 0 Å². The molecule has 1 amide bonds. The van der Waals surface area contributed by atoms with Gasteiger partial charge in [-0.1, -0.05) is 6.07 Å². The van der Waals surface area contributed by atoms with E-state index in [1.807, 2.05) is 24.7 Å². The van der Waals surface area contributed by atoms with Gasteiger partial charge in [0.1, 0.15) is 23.4 Å². The number of halogens is 3. The Hall–Kier alpha value is -3.43. The molecule has 180 valence electrons. The zero-order chi connectivity index (χ0) is 24.5. The summed E-state index contributed by atoms with van der Waals surface area (Å²) in [6.07, 6.45) is 1.35. The molecule has 0 bridgehead atoms. The highest BCUT2D eigenvalue weighted by atomic mass is 19.4. The molecule has 7 nitrogen and oxygen atoms in total. The van der Waals surface area contributed by atoms with Crippen LogP contribution < -0.4 is 10.1 Å². The van der Waals surface area contributed by atoms with Gasteiger partial charge in [0.15, 0.2) is 0 Å². The summed E-state index contributed by atoms with van der Waals surface area (Å²) >= 11 is 0. The molecule has 1 N–H and O–H groups in total. The normalized spacial score (nSPS) is 18.8. The molecule has 10 heteroatoms. The molecule has 1 saturated carbocycles. The molecule has 3 aromatic rings. The number of nitrogens with one attached hydrogen (secondary N) is 1. The second kappa shape index (κ2) is 9.44. The van der Waals surface area contributed by atoms with Crippen molar-refractivity contribution in [1.29, 1.82) is 0 Å². The quantitative estimate of drug-likeness (QED) is 0.482. The van der Waals surface area contributed by atoms with E-state index in [0.717, 1.165) is 49.5 Å². The lowest BCUT2D eigenvalue weighted by Gasteiger charge is -2.25. The maximum Gasteiger partial charge on any atom is 0.433 e. The number of hydrogen-bond acceptors (Lipinski definition) is 5. The molecular formula is C24H25F3N4O3. The number of carbonyl (C=O) groups is 2. The number of fused-ring (bicyclic) bond motifs is 1. The summed E-state index contributed by atoms with van der Waals surface area (Å²) in [5.74, 6) is -0.324. The molecular weight excluding hydrogens is 449 g/mol. The number of rotatable bonds is 6. The minimum absolute atomic E-state index is 0.0959. The highest BCUT2D eigenvalue weighted by Gasteiger charge is 2.33. The molecule has 2 aromatic heterocycles. The lowest BCUT2D eigenvalue weighted by Crippen LogP contribution is -2.19. The fraction of sp³-hybridized carbons (Fsp3) is 0.417. The maximum absolute atomic E-state index is 13.0. The van der Waals surface area contributed by atoms with Crippen molar-refractivity contribution >= 4 is 28.8 Å². The number of hydrogen-bond donors (Lipinski definition) is 1. The molecule has 1 aliphatic rings. The molecule has 0 unspecified atom stereocenters.